The smallest absolute Gasteiger partial charge is 0.122 e. The topological polar surface area (TPSA) is 55.5 Å². The molecule has 1 aliphatic carbocycles. The first-order chi connectivity index (χ1) is 10.1. The average Bonchev–Trinajstić information content (AvgIpc) is 2.98. The third kappa shape index (κ3) is 3.09. The SMILES string of the molecule is CCC1(C(O)C(CN)c2cc(C)ccc2OC)CCCC1. The van der Waals surface area contributed by atoms with Crippen molar-refractivity contribution in [1.29, 1.82) is 0 Å². The lowest BCUT2D eigenvalue weighted by Gasteiger charge is -2.38. The largest absolute Gasteiger partial charge is 0.496 e. The summed E-state index contributed by atoms with van der Waals surface area (Å²) in [4.78, 5) is 0. The molecule has 118 valence electrons. The molecule has 21 heavy (non-hydrogen) atoms. The Hall–Kier alpha value is -1.06. The Kier molecular flexibility index (Phi) is 5.28. The predicted molar refractivity (Wildman–Crippen MR) is 86.7 cm³/mol. The second kappa shape index (κ2) is 6.80. The third-order valence-corrected chi connectivity index (χ3v) is 5.35. The van der Waals surface area contributed by atoms with Crippen LogP contribution in [0.2, 0.25) is 0 Å². The van der Waals surface area contributed by atoms with Gasteiger partial charge in [0, 0.05) is 18.0 Å². The standard InChI is InChI=1S/C18H29NO2/c1-4-18(9-5-6-10-18)17(20)15(12-19)14-11-13(2)7-8-16(14)21-3/h7-8,11,15,17,20H,4-6,9-10,12,19H2,1-3H3. The molecule has 3 heteroatoms. The van der Waals surface area contributed by atoms with Crippen LogP contribution in [-0.2, 0) is 0 Å². The van der Waals surface area contributed by atoms with Crippen molar-refractivity contribution in [1.82, 2.24) is 0 Å². The highest BCUT2D eigenvalue weighted by molar-refractivity contribution is 5.40. The first-order valence-corrected chi connectivity index (χ1v) is 8.10. The number of methoxy groups -OCH3 is 1. The number of ether oxygens (including phenoxy) is 1. The number of aryl methyl sites for hydroxylation is 1. The zero-order valence-corrected chi connectivity index (χ0v) is 13.6. The molecule has 2 atom stereocenters. The van der Waals surface area contributed by atoms with Crippen LogP contribution < -0.4 is 10.5 Å². The Morgan fingerprint density at radius 2 is 2.00 bits per heavy atom. The molecule has 0 saturated heterocycles. The van der Waals surface area contributed by atoms with Crippen molar-refractivity contribution in [2.45, 2.75) is 58.0 Å². The first-order valence-electron chi connectivity index (χ1n) is 8.10. The van der Waals surface area contributed by atoms with Crippen molar-refractivity contribution < 1.29 is 9.84 Å². The molecule has 0 aromatic heterocycles. The van der Waals surface area contributed by atoms with Gasteiger partial charge in [-0.1, -0.05) is 37.5 Å². The second-order valence-corrected chi connectivity index (χ2v) is 6.46. The molecule has 0 bridgehead atoms. The lowest BCUT2D eigenvalue weighted by Crippen LogP contribution is -2.40. The molecule has 0 heterocycles. The molecule has 0 spiro atoms. The molecule has 1 aromatic carbocycles. The number of aliphatic hydroxyl groups excluding tert-OH is 1. The van der Waals surface area contributed by atoms with Crippen molar-refractivity contribution in [3.63, 3.8) is 0 Å². The van der Waals surface area contributed by atoms with E-state index in [0.717, 1.165) is 30.6 Å². The molecule has 0 radical (unpaired) electrons. The monoisotopic (exact) mass is 291 g/mol. The Morgan fingerprint density at radius 1 is 1.33 bits per heavy atom. The minimum atomic E-state index is -0.398. The zero-order chi connectivity index (χ0) is 15.5. The fourth-order valence-electron chi connectivity index (χ4n) is 3.93. The quantitative estimate of drug-likeness (QED) is 0.845. The zero-order valence-electron chi connectivity index (χ0n) is 13.6. The van der Waals surface area contributed by atoms with Crippen molar-refractivity contribution >= 4 is 0 Å². The van der Waals surface area contributed by atoms with Crippen LogP contribution in [-0.4, -0.2) is 24.9 Å². The van der Waals surface area contributed by atoms with E-state index in [-0.39, 0.29) is 11.3 Å². The average molecular weight is 291 g/mol. The highest BCUT2D eigenvalue weighted by atomic mass is 16.5. The van der Waals surface area contributed by atoms with Gasteiger partial charge in [-0.2, -0.15) is 0 Å². The maximum Gasteiger partial charge on any atom is 0.122 e. The minimum Gasteiger partial charge on any atom is -0.496 e. The summed E-state index contributed by atoms with van der Waals surface area (Å²) in [5.74, 6) is 0.775. The van der Waals surface area contributed by atoms with Gasteiger partial charge in [0.25, 0.3) is 0 Å². The van der Waals surface area contributed by atoms with Crippen LogP contribution in [0.3, 0.4) is 0 Å². The Bertz CT molecular complexity index is 466. The summed E-state index contributed by atoms with van der Waals surface area (Å²) < 4.78 is 5.50. The van der Waals surface area contributed by atoms with Crippen LogP contribution in [0.4, 0.5) is 0 Å². The number of hydrogen-bond acceptors (Lipinski definition) is 3. The number of hydrogen-bond donors (Lipinski definition) is 2. The van der Waals surface area contributed by atoms with Gasteiger partial charge < -0.3 is 15.6 Å². The summed E-state index contributed by atoms with van der Waals surface area (Å²) in [6, 6.07) is 6.12. The highest BCUT2D eigenvalue weighted by Gasteiger charge is 2.43. The molecule has 0 aliphatic heterocycles. The van der Waals surface area contributed by atoms with Crippen molar-refractivity contribution in [2.75, 3.05) is 13.7 Å². The number of aliphatic hydroxyl groups is 1. The number of nitrogens with two attached hydrogens (primary N) is 1. The van der Waals surface area contributed by atoms with E-state index in [4.69, 9.17) is 10.5 Å². The van der Waals surface area contributed by atoms with Gasteiger partial charge in [0.2, 0.25) is 0 Å². The Balaban J connectivity index is 2.37. The highest BCUT2D eigenvalue weighted by Crippen LogP contribution is 2.48. The van der Waals surface area contributed by atoms with Crippen molar-refractivity contribution in [3.05, 3.63) is 29.3 Å². The summed E-state index contributed by atoms with van der Waals surface area (Å²) in [5, 5.41) is 11.1. The molecular formula is C18H29NO2. The van der Waals surface area contributed by atoms with Crippen LogP contribution in [0.15, 0.2) is 18.2 Å². The molecule has 2 rings (SSSR count). The predicted octanol–water partition coefficient (Wildman–Crippen LogP) is 3.38. The van der Waals surface area contributed by atoms with Gasteiger partial charge in [0.15, 0.2) is 0 Å². The molecular weight excluding hydrogens is 262 g/mol. The van der Waals surface area contributed by atoms with E-state index in [1.807, 2.05) is 12.1 Å². The van der Waals surface area contributed by atoms with Gasteiger partial charge in [-0.25, -0.2) is 0 Å². The molecule has 1 aromatic rings. The van der Waals surface area contributed by atoms with E-state index >= 15 is 0 Å². The van der Waals surface area contributed by atoms with E-state index in [9.17, 15) is 5.11 Å². The summed E-state index contributed by atoms with van der Waals surface area (Å²) in [6.07, 6.45) is 5.26. The van der Waals surface area contributed by atoms with Crippen LogP contribution >= 0.6 is 0 Å². The van der Waals surface area contributed by atoms with Gasteiger partial charge in [-0.15, -0.1) is 0 Å². The molecule has 1 saturated carbocycles. The second-order valence-electron chi connectivity index (χ2n) is 6.46. The van der Waals surface area contributed by atoms with Gasteiger partial charge in [-0.05, 0) is 37.7 Å². The third-order valence-electron chi connectivity index (χ3n) is 5.35. The number of rotatable bonds is 6. The van der Waals surface area contributed by atoms with Crippen molar-refractivity contribution in [3.8, 4) is 5.75 Å². The van der Waals surface area contributed by atoms with Crippen LogP contribution in [0.1, 0.15) is 56.1 Å². The first kappa shape index (κ1) is 16.3. The van der Waals surface area contributed by atoms with E-state index in [2.05, 4.69) is 19.9 Å². The maximum absolute atomic E-state index is 11.1. The van der Waals surface area contributed by atoms with Gasteiger partial charge in [-0.3, -0.25) is 0 Å². The lowest BCUT2D eigenvalue weighted by molar-refractivity contribution is 0.00551. The molecule has 0 amide bonds. The summed E-state index contributed by atoms with van der Waals surface area (Å²) in [5.41, 5.74) is 8.29. The van der Waals surface area contributed by atoms with Gasteiger partial charge >= 0.3 is 0 Å². The number of benzene rings is 1. The minimum absolute atomic E-state index is 0.0266. The molecule has 1 fully saturated rings. The molecule has 2 unspecified atom stereocenters. The summed E-state index contributed by atoms with van der Waals surface area (Å²) >= 11 is 0. The fraction of sp³-hybridized carbons (Fsp3) is 0.667. The van der Waals surface area contributed by atoms with E-state index < -0.39 is 6.10 Å². The Morgan fingerprint density at radius 3 is 2.52 bits per heavy atom. The summed E-state index contributed by atoms with van der Waals surface area (Å²) in [7, 11) is 1.68. The molecule has 3 N–H and O–H groups in total. The lowest BCUT2D eigenvalue weighted by atomic mass is 9.71. The Labute approximate surface area is 128 Å². The van der Waals surface area contributed by atoms with Gasteiger partial charge in [0.1, 0.15) is 5.75 Å². The molecule has 1 aliphatic rings. The van der Waals surface area contributed by atoms with E-state index in [1.54, 1.807) is 7.11 Å². The normalized spacial score (nSPS) is 20.2. The van der Waals surface area contributed by atoms with Crippen LogP contribution in [0.5, 0.6) is 5.75 Å². The van der Waals surface area contributed by atoms with E-state index in [0.29, 0.717) is 6.54 Å². The van der Waals surface area contributed by atoms with Crippen molar-refractivity contribution in [2.24, 2.45) is 11.1 Å². The summed E-state index contributed by atoms with van der Waals surface area (Å²) in [6.45, 7) is 4.70. The molecule has 3 nitrogen and oxygen atoms in total. The maximum atomic E-state index is 11.1. The van der Waals surface area contributed by atoms with Gasteiger partial charge in [0.05, 0.1) is 13.2 Å². The van der Waals surface area contributed by atoms with Crippen LogP contribution in [0, 0.1) is 12.3 Å². The van der Waals surface area contributed by atoms with Crippen LogP contribution in [0.25, 0.3) is 0 Å². The van der Waals surface area contributed by atoms with E-state index in [1.165, 1.54) is 18.4 Å². The fourth-order valence-corrected chi connectivity index (χ4v) is 3.93.